The van der Waals surface area contributed by atoms with E-state index < -0.39 is 48.7 Å². The van der Waals surface area contributed by atoms with E-state index in [0.29, 0.717) is 0 Å². The molecule has 1 saturated heterocycles. The monoisotopic (exact) mass is 280 g/mol. The van der Waals surface area contributed by atoms with Crippen LogP contribution in [0.15, 0.2) is 0 Å². The lowest BCUT2D eigenvalue weighted by atomic mass is 9.84. The lowest BCUT2D eigenvalue weighted by Gasteiger charge is -2.43. The van der Waals surface area contributed by atoms with Crippen LogP contribution in [0.5, 0.6) is 0 Å². The molecule has 0 aromatic carbocycles. The molecule has 0 saturated carbocycles. The van der Waals surface area contributed by atoms with Crippen LogP contribution in [0.4, 0.5) is 8.78 Å². The van der Waals surface area contributed by atoms with Gasteiger partial charge in [0.1, 0.15) is 6.61 Å². The molecule has 7 heteroatoms. The molecule has 1 heterocycles. The number of hydrogen-bond acceptors (Lipinski definition) is 5. The fourth-order valence-electron chi connectivity index (χ4n) is 1.90. The first-order chi connectivity index (χ1) is 8.66. The number of halogens is 2. The molecule has 110 valence electrons. The van der Waals surface area contributed by atoms with Gasteiger partial charge >= 0.3 is 11.9 Å². The lowest BCUT2D eigenvalue weighted by molar-refractivity contribution is -0.307. The minimum Gasteiger partial charge on any atom is -0.463 e. The fourth-order valence-corrected chi connectivity index (χ4v) is 1.90. The molecule has 1 rings (SSSR count). The highest BCUT2D eigenvalue weighted by atomic mass is 19.3. The molecular formula is C12H18F2O5. The Kier molecular flexibility index (Phi) is 4.84. The molecule has 1 aliphatic heterocycles. The quantitative estimate of drug-likeness (QED) is 0.737. The van der Waals surface area contributed by atoms with Gasteiger partial charge in [0, 0.05) is 25.7 Å². The van der Waals surface area contributed by atoms with Crippen LogP contribution in [0, 0.1) is 11.8 Å². The number of ether oxygens (including phenoxy) is 3. The van der Waals surface area contributed by atoms with Crippen LogP contribution in [0.2, 0.25) is 0 Å². The average Bonchev–Trinajstić information content (AvgIpc) is 2.28. The summed E-state index contributed by atoms with van der Waals surface area (Å²) in [5, 5.41) is 0. The Bertz CT molecular complexity index is 358. The summed E-state index contributed by atoms with van der Waals surface area (Å²) < 4.78 is 42.5. The van der Waals surface area contributed by atoms with E-state index in [4.69, 9.17) is 9.47 Å². The summed E-state index contributed by atoms with van der Waals surface area (Å²) in [6.45, 7) is 4.60. The van der Waals surface area contributed by atoms with E-state index in [-0.39, 0.29) is 0 Å². The maximum atomic E-state index is 14.0. The van der Waals surface area contributed by atoms with Crippen molar-refractivity contribution in [2.45, 2.75) is 46.0 Å². The van der Waals surface area contributed by atoms with E-state index in [1.165, 1.54) is 20.8 Å². The Morgan fingerprint density at radius 2 is 1.79 bits per heavy atom. The van der Waals surface area contributed by atoms with E-state index in [0.717, 1.165) is 6.92 Å². The second-order valence-corrected chi connectivity index (χ2v) is 4.73. The number of carbonyl (C=O) groups is 2. The summed E-state index contributed by atoms with van der Waals surface area (Å²) in [6.07, 6.45) is -2.68. The summed E-state index contributed by atoms with van der Waals surface area (Å²) in [5.74, 6) is -6.17. The number of alkyl halides is 2. The van der Waals surface area contributed by atoms with Crippen LogP contribution in [-0.4, -0.2) is 36.9 Å². The van der Waals surface area contributed by atoms with Crippen molar-refractivity contribution in [2.75, 3.05) is 6.61 Å². The largest absolute Gasteiger partial charge is 0.463 e. The summed E-state index contributed by atoms with van der Waals surface area (Å²) in [6, 6.07) is 0. The molecule has 0 aromatic heterocycles. The number of hydrogen-bond donors (Lipinski definition) is 0. The molecule has 5 nitrogen and oxygen atoms in total. The van der Waals surface area contributed by atoms with E-state index >= 15 is 0 Å². The van der Waals surface area contributed by atoms with Crippen LogP contribution in [0.1, 0.15) is 27.7 Å². The molecule has 1 aliphatic rings. The van der Waals surface area contributed by atoms with Crippen LogP contribution >= 0.6 is 0 Å². The first-order valence-corrected chi connectivity index (χ1v) is 6.00. The van der Waals surface area contributed by atoms with Crippen molar-refractivity contribution in [3.8, 4) is 0 Å². The molecule has 3 unspecified atom stereocenters. The SMILES string of the molecule is CC(=O)OCC1OC(OC(C)=O)C(C)[C@@H](C)C1(F)F. The maximum absolute atomic E-state index is 14.0. The van der Waals surface area contributed by atoms with Gasteiger partial charge in [0.25, 0.3) is 5.92 Å². The third kappa shape index (κ3) is 3.62. The van der Waals surface area contributed by atoms with Crippen molar-refractivity contribution in [2.24, 2.45) is 11.8 Å². The molecule has 0 amide bonds. The Labute approximate surface area is 110 Å². The van der Waals surface area contributed by atoms with Crippen molar-refractivity contribution < 1.29 is 32.6 Å². The minimum atomic E-state index is -3.16. The van der Waals surface area contributed by atoms with Crippen LogP contribution in [0.3, 0.4) is 0 Å². The summed E-state index contributed by atoms with van der Waals surface area (Å²) in [7, 11) is 0. The molecule has 4 atom stereocenters. The van der Waals surface area contributed by atoms with Crippen molar-refractivity contribution in [3.63, 3.8) is 0 Å². The Balaban J connectivity index is 2.82. The lowest BCUT2D eigenvalue weighted by Crippen LogP contribution is -2.56. The van der Waals surface area contributed by atoms with Crippen molar-refractivity contribution >= 4 is 11.9 Å². The van der Waals surface area contributed by atoms with Gasteiger partial charge in [0.05, 0.1) is 0 Å². The smallest absolute Gasteiger partial charge is 0.304 e. The number of esters is 2. The topological polar surface area (TPSA) is 61.8 Å². The molecule has 0 N–H and O–H groups in total. The third-order valence-electron chi connectivity index (χ3n) is 3.27. The van der Waals surface area contributed by atoms with E-state index in [2.05, 4.69) is 4.74 Å². The molecule has 19 heavy (non-hydrogen) atoms. The average molecular weight is 280 g/mol. The summed E-state index contributed by atoms with van der Waals surface area (Å²) in [5.41, 5.74) is 0. The van der Waals surface area contributed by atoms with Crippen molar-refractivity contribution in [1.29, 1.82) is 0 Å². The number of carbonyl (C=O) groups excluding carboxylic acids is 2. The first kappa shape index (κ1) is 15.8. The normalized spacial score (nSPS) is 33.6. The maximum Gasteiger partial charge on any atom is 0.304 e. The van der Waals surface area contributed by atoms with Gasteiger partial charge in [-0.3, -0.25) is 9.59 Å². The Morgan fingerprint density at radius 3 is 2.26 bits per heavy atom. The van der Waals surface area contributed by atoms with Crippen LogP contribution < -0.4 is 0 Å². The molecular weight excluding hydrogens is 262 g/mol. The second kappa shape index (κ2) is 5.81. The minimum absolute atomic E-state index is 0.572. The van der Waals surface area contributed by atoms with E-state index in [9.17, 15) is 18.4 Å². The molecule has 0 bridgehead atoms. The zero-order chi connectivity index (χ0) is 14.8. The highest BCUT2D eigenvalue weighted by molar-refractivity contribution is 5.66. The van der Waals surface area contributed by atoms with Crippen molar-refractivity contribution in [3.05, 3.63) is 0 Å². The van der Waals surface area contributed by atoms with Crippen LogP contribution in [0.25, 0.3) is 0 Å². The van der Waals surface area contributed by atoms with Gasteiger partial charge in [0.2, 0.25) is 6.29 Å². The van der Waals surface area contributed by atoms with Gasteiger partial charge < -0.3 is 14.2 Å². The predicted molar refractivity (Wildman–Crippen MR) is 60.3 cm³/mol. The van der Waals surface area contributed by atoms with E-state index in [1.54, 1.807) is 0 Å². The van der Waals surface area contributed by atoms with Gasteiger partial charge in [0.15, 0.2) is 6.10 Å². The number of rotatable bonds is 3. The first-order valence-electron chi connectivity index (χ1n) is 6.00. The Morgan fingerprint density at radius 1 is 1.21 bits per heavy atom. The highest BCUT2D eigenvalue weighted by Crippen LogP contribution is 2.42. The molecule has 0 radical (unpaired) electrons. The van der Waals surface area contributed by atoms with Crippen molar-refractivity contribution in [1.82, 2.24) is 0 Å². The standard InChI is InChI=1S/C12H18F2O5/c1-6-7(2)12(13,14)10(5-17-8(3)15)19-11(6)18-9(4)16/h6-7,10-11H,5H2,1-4H3/t6?,7-,10?,11?/m1/s1. The van der Waals surface area contributed by atoms with Gasteiger partial charge in [-0.1, -0.05) is 13.8 Å². The van der Waals surface area contributed by atoms with Gasteiger partial charge in [-0.05, 0) is 0 Å². The summed E-state index contributed by atoms with van der Waals surface area (Å²) >= 11 is 0. The van der Waals surface area contributed by atoms with E-state index in [1.807, 2.05) is 0 Å². The summed E-state index contributed by atoms with van der Waals surface area (Å²) in [4.78, 5) is 21.6. The zero-order valence-electron chi connectivity index (χ0n) is 11.3. The fraction of sp³-hybridized carbons (Fsp3) is 0.833. The van der Waals surface area contributed by atoms with Gasteiger partial charge in [-0.25, -0.2) is 8.78 Å². The van der Waals surface area contributed by atoms with Crippen LogP contribution in [-0.2, 0) is 23.8 Å². The molecule has 0 aliphatic carbocycles. The van der Waals surface area contributed by atoms with Gasteiger partial charge in [-0.2, -0.15) is 0 Å². The second-order valence-electron chi connectivity index (χ2n) is 4.73. The highest BCUT2D eigenvalue weighted by Gasteiger charge is 2.55. The predicted octanol–water partition coefficient (Wildman–Crippen LogP) is 1.74. The Hall–Kier alpha value is -1.24. The zero-order valence-corrected chi connectivity index (χ0v) is 11.3. The molecule has 0 aromatic rings. The van der Waals surface area contributed by atoms with Gasteiger partial charge in [-0.15, -0.1) is 0 Å². The molecule has 1 fully saturated rings. The molecule has 0 spiro atoms. The third-order valence-corrected chi connectivity index (χ3v) is 3.27.